The van der Waals surface area contributed by atoms with Crippen LogP contribution in [0.5, 0.6) is 0 Å². The summed E-state index contributed by atoms with van der Waals surface area (Å²) in [5, 5.41) is 3.25. The van der Waals surface area contributed by atoms with Crippen LogP contribution in [0.2, 0.25) is 0 Å². The largest absolute Gasteiger partial charge is 0.314 e. The molecule has 118 valence electrons. The second kappa shape index (κ2) is 7.80. The van der Waals surface area contributed by atoms with E-state index >= 15 is 0 Å². The van der Waals surface area contributed by atoms with Crippen molar-refractivity contribution in [3.05, 3.63) is 35.1 Å². The van der Waals surface area contributed by atoms with Gasteiger partial charge in [0.1, 0.15) is 5.82 Å². The highest BCUT2D eigenvalue weighted by Gasteiger charge is 2.25. The molecular formula is C16H23F3N2. The van der Waals surface area contributed by atoms with Crippen LogP contribution in [-0.2, 0) is 0 Å². The first-order valence-corrected chi connectivity index (χ1v) is 7.72. The molecule has 0 aromatic heterocycles. The Morgan fingerprint density at radius 2 is 1.71 bits per heavy atom. The van der Waals surface area contributed by atoms with Crippen molar-refractivity contribution in [3.63, 3.8) is 0 Å². The zero-order valence-electron chi connectivity index (χ0n) is 12.5. The molecule has 1 atom stereocenters. The number of halogens is 3. The average molecular weight is 300 g/mol. The number of benzene rings is 1. The molecule has 1 aliphatic heterocycles. The van der Waals surface area contributed by atoms with E-state index in [2.05, 4.69) is 17.1 Å². The van der Waals surface area contributed by atoms with E-state index in [1.807, 2.05) is 0 Å². The predicted octanol–water partition coefficient (Wildman–Crippen LogP) is 3.63. The van der Waals surface area contributed by atoms with Crippen molar-refractivity contribution in [1.82, 2.24) is 10.2 Å². The van der Waals surface area contributed by atoms with E-state index < -0.39 is 17.5 Å². The van der Waals surface area contributed by atoms with E-state index in [9.17, 15) is 13.2 Å². The third-order valence-electron chi connectivity index (χ3n) is 4.07. The molecule has 0 bridgehead atoms. The molecule has 0 amide bonds. The summed E-state index contributed by atoms with van der Waals surface area (Å²) < 4.78 is 40.7. The normalized spacial score (nSPS) is 17.9. The number of nitrogens with one attached hydrogen (secondary N) is 1. The van der Waals surface area contributed by atoms with E-state index in [1.54, 1.807) is 0 Å². The van der Waals surface area contributed by atoms with Gasteiger partial charge in [-0.1, -0.05) is 26.2 Å². The molecular weight excluding hydrogens is 277 g/mol. The average Bonchev–Trinajstić information content (AvgIpc) is 2.49. The number of unbranched alkanes of at least 4 members (excludes halogenated alkanes) is 2. The summed E-state index contributed by atoms with van der Waals surface area (Å²) in [5.41, 5.74) is 0.284. The van der Waals surface area contributed by atoms with Crippen molar-refractivity contribution in [3.8, 4) is 0 Å². The quantitative estimate of drug-likeness (QED) is 0.637. The summed E-state index contributed by atoms with van der Waals surface area (Å²) in [7, 11) is 0. The maximum absolute atomic E-state index is 14.1. The molecule has 21 heavy (non-hydrogen) atoms. The summed E-state index contributed by atoms with van der Waals surface area (Å²) in [4.78, 5) is 2.17. The number of piperazine rings is 1. The van der Waals surface area contributed by atoms with E-state index in [-0.39, 0.29) is 11.6 Å². The molecule has 0 unspecified atom stereocenters. The first-order chi connectivity index (χ1) is 10.1. The molecule has 1 N–H and O–H groups in total. The van der Waals surface area contributed by atoms with Crippen LogP contribution in [0, 0.1) is 17.5 Å². The lowest BCUT2D eigenvalue weighted by molar-refractivity contribution is 0.159. The van der Waals surface area contributed by atoms with Gasteiger partial charge in [0.2, 0.25) is 0 Å². The Bertz CT molecular complexity index is 459. The third-order valence-corrected chi connectivity index (χ3v) is 4.07. The van der Waals surface area contributed by atoms with Crippen molar-refractivity contribution < 1.29 is 13.2 Å². The first kappa shape index (κ1) is 16.3. The Balaban J connectivity index is 2.22. The molecule has 1 saturated heterocycles. The van der Waals surface area contributed by atoms with Crippen molar-refractivity contribution in [1.29, 1.82) is 0 Å². The zero-order valence-corrected chi connectivity index (χ0v) is 12.5. The van der Waals surface area contributed by atoms with Gasteiger partial charge in [0, 0.05) is 43.9 Å². The van der Waals surface area contributed by atoms with Crippen LogP contribution in [0.25, 0.3) is 0 Å². The molecule has 1 aliphatic rings. The minimum absolute atomic E-state index is 0.172. The molecule has 1 fully saturated rings. The van der Waals surface area contributed by atoms with Crippen LogP contribution >= 0.6 is 0 Å². The van der Waals surface area contributed by atoms with Crippen LogP contribution in [0.1, 0.15) is 44.2 Å². The molecule has 0 radical (unpaired) electrons. The van der Waals surface area contributed by atoms with E-state index in [1.165, 1.54) is 0 Å². The highest BCUT2D eigenvalue weighted by Crippen LogP contribution is 2.30. The molecule has 5 heteroatoms. The highest BCUT2D eigenvalue weighted by atomic mass is 19.2. The summed E-state index contributed by atoms with van der Waals surface area (Å²) in [6.45, 7) is 5.40. The highest BCUT2D eigenvalue weighted by molar-refractivity contribution is 5.24. The number of hydrogen-bond acceptors (Lipinski definition) is 2. The Kier molecular flexibility index (Phi) is 6.06. The molecule has 1 aromatic rings. The molecule has 0 aliphatic carbocycles. The van der Waals surface area contributed by atoms with Crippen molar-refractivity contribution in [2.75, 3.05) is 26.2 Å². The number of hydrogen-bond donors (Lipinski definition) is 1. The minimum Gasteiger partial charge on any atom is -0.314 e. The lowest BCUT2D eigenvalue weighted by Crippen LogP contribution is -2.45. The maximum Gasteiger partial charge on any atom is 0.161 e. The topological polar surface area (TPSA) is 15.3 Å². The second-order valence-corrected chi connectivity index (χ2v) is 5.59. The Labute approximate surface area is 124 Å². The van der Waals surface area contributed by atoms with Crippen LogP contribution in [0.15, 0.2) is 12.1 Å². The molecule has 0 spiro atoms. The van der Waals surface area contributed by atoms with Gasteiger partial charge < -0.3 is 5.32 Å². The van der Waals surface area contributed by atoms with Gasteiger partial charge in [0.15, 0.2) is 11.6 Å². The van der Waals surface area contributed by atoms with E-state index in [0.29, 0.717) is 6.07 Å². The molecule has 2 rings (SSSR count). The minimum atomic E-state index is -1.12. The van der Waals surface area contributed by atoms with Gasteiger partial charge in [-0.05, 0) is 12.5 Å². The second-order valence-electron chi connectivity index (χ2n) is 5.59. The van der Waals surface area contributed by atoms with E-state index in [4.69, 9.17) is 0 Å². The summed E-state index contributed by atoms with van der Waals surface area (Å²) >= 11 is 0. The van der Waals surface area contributed by atoms with Crippen molar-refractivity contribution >= 4 is 0 Å². The smallest absolute Gasteiger partial charge is 0.161 e. The Morgan fingerprint density at radius 3 is 2.38 bits per heavy atom. The van der Waals surface area contributed by atoms with Gasteiger partial charge in [-0.3, -0.25) is 4.90 Å². The maximum atomic E-state index is 14.1. The predicted molar refractivity (Wildman–Crippen MR) is 77.6 cm³/mol. The number of rotatable bonds is 6. The lowest BCUT2D eigenvalue weighted by atomic mass is 9.97. The van der Waals surface area contributed by atoms with Gasteiger partial charge in [0.05, 0.1) is 0 Å². The van der Waals surface area contributed by atoms with Gasteiger partial charge >= 0.3 is 0 Å². The summed E-state index contributed by atoms with van der Waals surface area (Å²) in [6, 6.07) is 1.52. The zero-order chi connectivity index (χ0) is 15.2. The monoisotopic (exact) mass is 300 g/mol. The van der Waals surface area contributed by atoms with Crippen LogP contribution in [-0.4, -0.2) is 31.1 Å². The van der Waals surface area contributed by atoms with Gasteiger partial charge in [0.25, 0.3) is 0 Å². The van der Waals surface area contributed by atoms with Crippen LogP contribution in [0.4, 0.5) is 13.2 Å². The first-order valence-electron chi connectivity index (χ1n) is 7.72. The summed E-state index contributed by atoms with van der Waals surface area (Å²) in [6.07, 6.45) is 3.88. The fourth-order valence-corrected chi connectivity index (χ4v) is 2.91. The third kappa shape index (κ3) is 4.20. The van der Waals surface area contributed by atoms with Gasteiger partial charge in [-0.15, -0.1) is 0 Å². The van der Waals surface area contributed by atoms with Gasteiger partial charge in [-0.2, -0.15) is 0 Å². The fourth-order valence-electron chi connectivity index (χ4n) is 2.91. The molecule has 0 saturated carbocycles. The molecule has 2 nitrogen and oxygen atoms in total. The Morgan fingerprint density at radius 1 is 1.05 bits per heavy atom. The molecule has 1 aromatic carbocycles. The number of nitrogens with zero attached hydrogens (tertiary/aromatic N) is 1. The van der Waals surface area contributed by atoms with Crippen molar-refractivity contribution in [2.45, 2.75) is 38.6 Å². The lowest BCUT2D eigenvalue weighted by Gasteiger charge is -2.35. The Hall–Kier alpha value is -1.07. The molecule has 1 heterocycles. The van der Waals surface area contributed by atoms with Crippen molar-refractivity contribution in [2.24, 2.45) is 0 Å². The van der Waals surface area contributed by atoms with Crippen LogP contribution in [0.3, 0.4) is 0 Å². The standard InChI is InChI=1S/C16H23F3N2/c1-2-3-4-5-16(21-8-6-20-7-9-21)12-10-14(18)15(19)11-13(12)17/h10-11,16,20H,2-9H2,1H3/t16-/m0/s1. The summed E-state index contributed by atoms with van der Waals surface area (Å²) in [5.74, 6) is -2.74. The SMILES string of the molecule is CCCCC[C@@H](c1cc(F)c(F)cc1F)N1CCNCC1. The fraction of sp³-hybridized carbons (Fsp3) is 0.625. The van der Waals surface area contributed by atoms with Crippen LogP contribution < -0.4 is 5.32 Å². The van der Waals surface area contributed by atoms with E-state index in [0.717, 1.165) is 57.9 Å². The van der Waals surface area contributed by atoms with Gasteiger partial charge in [-0.25, -0.2) is 13.2 Å².